The summed E-state index contributed by atoms with van der Waals surface area (Å²) in [5.74, 6) is 0.891. The topological polar surface area (TPSA) is 34.2 Å². The second-order valence-electron chi connectivity index (χ2n) is 3.50. The number of nitrogens with one attached hydrogen (secondary N) is 1. The van der Waals surface area contributed by atoms with E-state index in [2.05, 4.69) is 17.2 Å². The number of aromatic nitrogens is 1. The van der Waals surface area contributed by atoms with E-state index in [1.165, 1.54) is 0 Å². The number of nitrogens with zero attached hydrogens (tertiary/aromatic N) is 1. The van der Waals surface area contributed by atoms with Crippen LogP contribution in [0.3, 0.4) is 0 Å². The van der Waals surface area contributed by atoms with Gasteiger partial charge in [0, 0.05) is 23.8 Å². The first kappa shape index (κ1) is 10.7. The SMILES string of the molecule is CCNc1ccnc2ccc(OCC)cc12. The molecule has 1 N–H and O–H groups in total. The predicted octanol–water partition coefficient (Wildman–Crippen LogP) is 3.07. The number of rotatable bonds is 4. The van der Waals surface area contributed by atoms with Gasteiger partial charge in [-0.05, 0) is 38.1 Å². The maximum atomic E-state index is 5.49. The van der Waals surface area contributed by atoms with Gasteiger partial charge in [-0.1, -0.05) is 0 Å². The van der Waals surface area contributed by atoms with E-state index in [-0.39, 0.29) is 0 Å². The van der Waals surface area contributed by atoms with Crippen molar-refractivity contribution in [2.45, 2.75) is 13.8 Å². The molecule has 2 rings (SSSR count). The number of benzene rings is 1. The van der Waals surface area contributed by atoms with Crippen LogP contribution in [0.15, 0.2) is 30.5 Å². The normalized spacial score (nSPS) is 10.4. The molecule has 0 aliphatic rings. The highest BCUT2D eigenvalue weighted by molar-refractivity contribution is 5.92. The van der Waals surface area contributed by atoms with Crippen LogP contribution in [0.25, 0.3) is 10.9 Å². The summed E-state index contributed by atoms with van der Waals surface area (Å²) < 4.78 is 5.49. The Labute approximate surface area is 95.5 Å². The summed E-state index contributed by atoms with van der Waals surface area (Å²) in [6, 6.07) is 7.96. The lowest BCUT2D eigenvalue weighted by atomic mass is 10.2. The highest BCUT2D eigenvalue weighted by Crippen LogP contribution is 2.25. The van der Waals surface area contributed by atoms with Crippen molar-refractivity contribution >= 4 is 16.6 Å². The van der Waals surface area contributed by atoms with Gasteiger partial charge >= 0.3 is 0 Å². The van der Waals surface area contributed by atoms with E-state index in [0.29, 0.717) is 6.61 Å². The van der Waals surface area contributed by atoms with Crippen LogP contribution < -0.4 is 10.1 Å². The minimum atomic E-state index is 0.683. The maximum Gasteiger partial charge on any atom is 0.120 e. The van der Waals surface area contributed by atoms with E-state index >= 15 is 0 Å². The van der Waals surface area contributed by atoms with Crippen molar-refractivity contribution < 1.29 is 4.74 Å². The van der Waals surface area contributed by atoms with Crippen LogP contribution >= 0.6 is 0 Å². The van der Waals surface area contributed by atoms with Crippen molar-refractivity contribution in [1.29, 1.82) is 0 Å². The number of hydrogen-bond acceptors (Lipinski definition) is 3. The van der Waals surface area contributed by atoms with E-state index in [1.807, 2.05) is 37.4 Å². The Hall–Kier alpha value is -1.77. The molecule has 0 fully saturated rings. The van der Waals surface area contributed by atoms with Gasteiger partial charge in [0.2, 0.25) is 0 Å². The Morgan fingerprint density at radius 1 is 1.25 bits per heavy atom. The molecule has 0 aliphatic heterocycles. The minimum absolute atomic E-state index is 0.683. The van der Waals surface area contributed by atoms with Crippen LogP contribution in [0, 0.1) is 0 Å². The van der Waals surface area contributed by atoms with Crippen molar-refractivity contribution in [2.75, 3.05) is 18.5 Å². The number of ether oxygens (including phenoxy) is 1. The molecule has 0 spiro atoms. The van der Waals surface area contributed by atoms with E-state index in [0.717, 1.165) is 28.9 Å². The summed E-state index contributed by atoms with van der Waals surface area (Å²) >= 11 is 0. The van der Waals surface area contributed by atoms with Crippen LogP contribution in [-0.2, 0) is 0 Å². The molecule has 1 aromatic carbocycles. The fourth-order valence-corrected chi connectivity index (χ4v) is 1.73. The van der Waals surface area contributed by atoms with Crippen LogP contribution in [-0.4, -0.2) is 18.1 Å². The first-order valence-electron chi connectivity index (χ1n) is 5.60. The monoisotopic (exact) mass is 216 g/mol. The first-order chi connectivity index (χ1) is 7.85. The van der Waals surface area contributed by atoms with Gasteiger partial charge in [0.25, 0.3) is 0 Å². The number of fused-ring (bicyclic) bond motifs is 1. The van der Waals surface area contributed by atoms with Gasteiger partial charge in [-0.25, -0.2) is 0 Å². The summed E-state index contributed by atoms with van der Waals surface area (Å²) in [6.07, 6.45) is 1.82. The van der Waals surface area contributed by atoms with E-state index < -0.39 is 0 Å². The minimum Gasteiger partial charge on any atom is -0.494 e. The summed E-state index contributed by atoms with van der Waals surface area (Å²) in [7, 11) is 0. The Morgan fingerprint density at radius 3 is 2.88 bits per heavy atom. The molecule has 1 aromatic heterocycles. The first-order valence-corrected chi connectivity index (χ1v) is 5.60. The largest absolute Gasteiger partial charge is 0.494 e. The molecule has 0 aliphatic carbocycles. The van der Waals surface area contributed by atoms with Crippen molar-refractivity contribution in [1.82, 2.24) is 4.98 Å². The van der Waals surface area contributed by atoms with Crippen LogP contribution in [0.4, 0.5) is 5.69 Å². The standard InChI is InChI=1S/C13H16N2O/c1-3-14-13-7-8-15-12-6-5-10(16-4-2)9-11(12)13/h5-9H,3-4H2,1-2H3,(H,14,15). The number of hydrogen-bond donors (Lipinski definition) is 1. The van der Waals surface area contributed by atoms with E-state index in [9.17, 15) is 0 Å². The summed E-state index contributed by atoms with van der Waals surface area (Å²) in [5, 5.41) is 4.43. The lowest BCUT2D eigenvalue weighted by molar-refractivity contribution is 0.340. The van der Waals surface area contributed by atoms with Gasteiger partial charge in [-0.15, -0.1) is 0 Å². The summed E-state index contributed by atoms with van der Waals surface area (Å²) in [5.41, 5.74) is 2.09. The fourth-order valence-electron chi connectivity index (χ4n) is 1.73. The zero-order valence-corrected chi connectivity index (χ0v) is 9.66. The Bertz CT molecular complexity index is 482. The molecule has 0 amide bonds. The third-order valence-electron chi connectivity index (χ3n) is 2.39. The number of anilines is 1. The third kappa shape index (κ3) is 2.08. The van der Waals surface area contributed by atoms with Crippen molar-refractivity contribution in [3.8, 4) is 5.75 Å². The third-order valence-corrected chi connectivity index (χ3v) is 2.39. The smallest absolute Gasteiger partial charge is 0.120 e. The molecule has 16 heavy (non-hydrogen) atoms. The molecule has 0 radical (unpaired) electrons. The molecule has 0 saturated carbocycles. The van der Waals surface area contributed by atoms with Crippen LogP contribution in [0.2, 0.25) is 0 Å². The average molecular weight is 216 g/mol. The van der Waals surface area contributed by atoms with Gasteiger partial charge in [0.05, 0.1) is 12.1 Å². The molecule has 0 bridgehead atoms. The number of pyridine rings is 1. The zero-order valence-electron chi connectivity index (χ0n) is 9.66. The molecule has 84 valence electrons. The second kappa shape index (κ2) is 4.84. The Kier molecular flexibility index (Phi) is 3.25. The lowest BCUT2D eigenvalue weighted by Crippen LogP contribution is -1.98. The molecule has 0 unspecified atom stereocenters. The van der Waals surface area contributed by atoms with Crippen LogP contribution in [0.1, 0.15) is 13.8 Å². The molecule has 3 nitrogen and oxygen atoms in total. The summed E-state index contributed by atoms with van der Waals surface area (Å²) in [6.45, 7) is 5.65. The molecule has 1 heterocycles. The fraction of sp³-hybridized carbons (Fsp3) is 0.308. The Balaban J connectivity index is 2.50. The zero-order chi connectivity index (χ0) is 11.4. The molecule has 2 aromatic rings. The predicted molar refractivity (Wildman–Crippen MR) is 67.1 cm³/mol. The molecule has 0 atom stereocenters. The molecular formula is C13H16N2O. The van der Waals surface area contributed by atoms with E-state index in [1.54, 1.807) is 0 Å². The summed E-state index contributed by atoms with van der Waals surface area (Å²) in [4.78, 5) is 4.33. The van der Waals surface area contributed by atoms with Gasteiger partial charge in [-0.2, -0.15) is 0 Å². The van der Waals surface area contributed by atoms with Gasteiger partial charge in [-0.3, -0.25) is 4.98 Å². The molecule has 3 heteroatoms. The van der Waals surface area contributed by atoms with Crippen molar-refractivity contribution in [3.05, 3.63) is 30.5 Å². The van der Waals surface area contributed by atoms with Gasteiger partial charge in [0.15, 0.2) is 0 Å². The lowest BCUT2D eigenvalue weighted by Gasteiger charge is -2.09. The van der Waals surface area contributed by atoms with Crippen molar-refractivity contribution in [3.63, 3.8) is 0 Å². The highest BCUT2D eigenvalue weighted by Gasteiger charge is 2.02. The van der Waals surface area contributed by atoms with Gasteiger partial charge < -0.3 is 10.1 Å². The average Bonchev–Trinajstić information content (AvgIpc) is 2.31. The van der Waals surface area contributed by atoms with Crippen LogP contribution in [0.5, 0.6) is 5.75 Å². The molecular weight excluding hydrogens is 200 g/mol. The van der Waals surface area contributed by atoms with Gasteiger partial charge in [0.1, 0.15) is 5.75 Å². The molecule has 0 saturated heterocycles. The van der Waals surface area contributed by atoms with Crippen molar-refractivity contribution in [2.24, 2.45) is 0 Å². The maximum absolute atomic E-state index is 5.49. The highest BCUT2D eigenvalue weighted by atomic mass is 16.5. The second-order valence-corrected chi connectivity index (χ2v) is 3.50. The quantitative estimate of drug-likeness (QED) is 0.852. The van der Waals surface area contributed by atoms with E-state index in [4.69, 9.17) is 4.74 Å². The Morgan fingerprint density at radius 2 is 2.12 bits per heavy atom.